The standard InChI is InChI=1S/C31H41N3O6Si/c1-22(35)39-19-27(20-40-23(2)36)25-11-12-26(29(15-25)24-9-7-6-8-10-24)16-30(37)31-33-28(17-32)18-34(31)21-38-13-14-41(3,4)5/h9,11-12,15,18,27H,6-8,10,13-14,16,19-21H2,1-5H3. The van der Waals surface area contributed by atoms with Crippen LogP contribution in [0, 0.1) is 11.3 Å². The lowest BCUT2D eigenvalue weighted by atomic mass is 9.86. The van der Waals surface area contributed by atoms with Crippen molar-refractivity contribution >= 4 is 31.4 Å². The monoisotopic (exact) mass is 579 g/mol. The minimum atomic E-state index is -1.27. The van der Waals surface area contributed by atoms with Crippen LogP contribution in [-0.4, -0.2) is 55.2 Å². The molecule has 9 nitrogen and oxygen atoms in total. The minimum Gasteiger partial charge on any atom is -0.465 e. The molecule has 1 aromatic carbocycles. The van der Waals surface area contributed by atoms with Crippen LogP contribution in [0.5, 0.6) is 0 Å². The van der Waals surface area contributed by atoms with Gasteiger partial charge in [0.25, 0.3) is 0 Å². The van der Waals surface area contributed by atoms with Gasteiger partial charge in [-0.15, -0.1) is 0 Å². The van der Waals surface area contributed by atoms with E-state index in [9.17, 15) is 19.6 Å². The van der Waals surface area contributed by atoms with Crippen LogP contribution < -0.4 is 0 Å². The van der Waals surface area contributed by atoms with Gasteiger partial charge >= 0.3 is 11.9 Å². The SMILES string of the molecule is CC(=O)OCC(COC(C)=O)c1ccc(CC(=O)c2nc(C#N)cn2COCC[Si](C)(C)C)c(C2=CCCCC2)c1. The first-order valence-electron chi connectivity index (χ1n) is 14.1. The van der Waals surface area contributed by atoms with Gasteiger partial charge in [0, 0.05) is 41.1 Å². The first-order valence-corrected chi connectivity index (χ1v) is 17.8. The molecule has 0 spiro atoms. The number of hydrogen-bond acceptors (Lipinski definition) is 8. The Kier molecular flexibility index (Phi) is 11.6. The maximum atomic E-state index is 13.6. The van der Waals surface area contributed by atoms with Crippen LogP contribution in [0.2, 0.25) is 25.7 Å². The van der Waals surface area contributed by atoms with Crippen molar-refractivity contribution < 1.29 is 28.6 Å². The molecule has 220 valence electrons. The largest absolute Gasteiger partial charge is 0.465 e. The highest BCUT2D eigenvalue weighted by Crippen LogP contribution is 2.32. The molecular formula is C31H41N3O6Si. The summed E-state index contributed by atoms with van der Waals surface area (Å²) in [4.78, 5) is 40.9. The summed E-state index contributed by atoms with van der Waals surface area (Å²) in [7, 11) is -1.27. The van der Waals surface area contributed by atoms with Crippen molar-refractivity contribution in [1.82, 2.24) is 9.55 Å². The van der Waals surface area contributed by atoms with Crippen LogP contribution >= 0.6 is 0 Å². The van der Waals surface area contributed by atoms with Gasteiger partial charge in [-0.1, -0.05) is 43.9 Å². The molecule has 0 atom stereocenters. The van der Waals surface area contributed by atoms with Gasteiger partial charge in [-0.3, -0.25) is 14.4 Å². The molecule has 0 amide bonds. The summed E-state index contributed by atoms with van der Waals surface area (Å²) in [6.45, 7) is 10.4. The molecule has 1 heterocycles. The summed E-state index contributed by atoms with van der Waals surface area (Å²) in [5, 5.41) is 9.44. The number of carbonyl (C=O) groups is 3. The second kappa shape index (κ2) is 14.9. The predicted molar refractivity (Wildman–Crippen MR) is 158 cm³/mol. The Bertz CT molecular complexity index is 1300. The van der Waals surface area contributed by atoms with Gasteiger partial charge in [0.2, 0.25) is 5.78 Å². The predicted octanol–water partition coefficient (Wildman–Crippen LogP) is 5.66. The van der Waals surface area contributed by atoms with Crippen molar-refractivity contribution in [2.45, 2.75) is 84.3 Å². The van der Waals surface area contributed by atoms with Crippen molar-refractivity contribution in [3.05, 3.63) is 58.7 Å². The highest BCUT2D eigenvalue weighted by Gasteiger charge is 2.23. The lowest BCUT2D eigenvalue weighted by Gasteiger charge is -2.21. The van der Waals surface area contributed by atoms with Gasteiger partial charge in [-0.05, 0) is 54.0 Å². The van der Waals surface area contributed by atoms with E-state index in [0.717, 1.165) is 54.0 Å². The zero-order valence-electron chi connectivity index (χ0n) is 24.8. The molecule has 2 aromatic rings. The number of ether oxygens (including phenoxy) is 3. The van der Waals surface area contributed by atoms with Crippen molar-refractivity contribution in [2.75, 3.05) is 19.8 Å². The van der Waals surface area contributed by atoms with Crippen LogP contribution in [0.25, 0.3) is 5.57 Å². The van der Waals surface area contributed by atoms with E-state index in [1.807, 2.05) is 24.3 Å². The third-order valence-electron chi connectivity index (χ3n) is 6.94. The van der Waals surface area contributed by atoms with Crippen molar-refractivity contribution in [3.8, 4) is 6.07 Å². The Balaban J connectivity index is 1.89. The average Bonchev–Trinajstić information content (AvgIpc) is 3.35. The summed E-state index contributed by atoms with van der Waals surface area (Å²) < 4.78 is 18.0. The fourth-order valence-electron chi connectivity index (χ4n) is 4.64. The number of esters is 2. The van der Waals surface area contributed by atoms with Gasteiger partial charge in [0.05, 0.1) is 5.92 Å². The van der Waals surface area contributed by atoms with E-state index >= 15 is 0 Å². The number of nitrogens with zero attached hydrogens (tertiary/aromatic N) is 3. The average molecular weight is 580 g/mol. The van der Waals surface area contributed by atoms with Crippen LogP contribution in [-0.2, 0) is 37.0 Å². The van der Waals surface area contributed by atoms with E-state index < -0.39 is 20.0 Å². The molecule has 0 bridgehead atoms. The molecule has 1 aromatic heterocycles. The van der Waals surface area contributed by atoms with E-state index in [0.29, 0.717) is 6.61 Å². The van der Waals surface area contributed by atoms with Gasteiger partial charge in [0.15, 0.2) is 11.5 Å². The Hall–Kier alpha value is -3.55. The second-order valence-corrected chi connectivity index (χ2v) is 17.3. The smallest absolute Gasteiger partial charge is 0.302 e. The number of Topliss-reactive ketones (excluding diaryl/α,β-unsaturated/α-hetero) is 1. The van der Waals surface area contributed by atoms with Crippen LogP contribution in [0.1, 0.15) is 78.5 Å². The van der Waals surface area contributed by atoms with Crippen LogP contribution in [0.3, 0.4) is 0 Å². The molecule has 0 N–H and O–H groups in total. The fraction of sp³-hybridized carbons (Fsp3) is 0.516. The summed E-state index contributed by atoms with van der Waals surface area (Å²) in [5.41, 5.74) is 3.99. The normalized spacial score (nSPS) is 13.4. The second-order valence-electron chi connectivity index (χ2n) is 11.7. The van der Waals surface area contributed by atoms with Crippen molar-refractivity contribution in [3.63, 3.8) is 0 Å². The highest BCUT2D eigenvalue weighted by atomic mass is 28.3. The first kappa shape index (κ1) is 32.0. The first-order chi connectivity index (χ1) is 19.5. The number of hydrogen-bond donors (Lipinski definition) is 0. The van der Waals surface area contributed by atoms with Gasteiger partial charge < -0.3 is 18.8 Å². The summed E-state index contributed by atoms with van der Waals surface area (Å²) >= 11 is 0. The fourth-order valence-corrected chi connectivity index (χ4v) is 5.40. The molecule has 0 fully saturated rings. The molecule has 10 heteroatoms. The number of nitriles is 1. The van der Waals surface area contributed by atoms with E-state index in [-0.39, 0.29) is 49.6 Å². The zero-order valence-corrected chi connectivity index (χ0v) is 25.8. The summed E-state index contributed by atoms with van der Waals surface area (Å²) in [5.74, 6) is -1.17. The molecule has 0 saturated carbocycles. The van der Waals surface area contributed by atoms with E-state index in [2.05, 4.69) is 30.7 Å². The van der Waals surface area contributed by atoms with Gasteiger partial charge in [-0.2, -0.15) is 5.26 Å². The van der Waals surface area contributed by atoms with E-state index in [1.54, 1.807) is 10.8 Å². The maximum absolute atomic E-state index is 13.6. The summed E-state index contributed by atoms with van der Waals surface area (Å²) in [6, 6.07) is 8.85. The molecule has 0 aliphatic heterocycles. The maximum Gasteiger partial charge on any atom is 0.302 e. The molecular weight excluding hydrogens is 538 g/mol. The molecule has 3 rings (SSSR count). The third kappa shape index (κ3) is 10.1. The number of aromatic nitrogens is 2. The number of allylic oxidation sites excluding steroid dienone is 2. The molecule has 41 heavy (non-hydrogen) atoms. The van der Waals surface area contributed by atoms with Crippen LogP contribution in [0.15, 0.2) is 30.5 Å². The van der Waals surface area contributed by atoms with Crippen molar-refractivity contribution in [1.29, 1.82) is 5.26 Å². The Morgan fingerprint density at radius 3 is 2.39 bits per heavy atom. The van der Waals surface area contributed by atoms with E-state index in [1.165, 1.54) is 13.8 Å². The van der Waals surface area contributed by atoms with Gasteiger partial charge in [0.1, 0.15) is 26.0 Å². The van der Waals surface area contributed by atoms with E-state index in [4.69, 9.17) is 14.2 Å². The third-order valence-corrected chi connectivity index (χ3v) is 8.64. The highest BCUT2D eigenvalue weighted by molar-refractivity contribution is 6.76. The molecule has 1 aliphatic rings. The molecule has 0 unspecified atom stereocenters. The summed E-state index contributed by atoms with van der Waals surface area (Å²) in [6.07, 6.45) is 7.89. The Labute approximate surface area is 243 Å². The molecule has 0 saturated heterocycles. The number of benzene rings is 1. The minimum absolute atomic E-state index is 0.0749. The lowest BCUT2D eigenvalue weighted by Crippen LogP contribution is -2.22. The molecule has 0 radical (unpaired) electrons. The lowest BCUT2D eigenvalue weighted by molar-refractivity contribution is -0.144. The quantitative estimate of drug-likeness (QED) is 0.122. The van der Waals surface area contributed by atoms with Crippen molar-refractivity contribution in [2.24, 2.45) is 0 Å². The van der Waals surface area contributed by atoms with Crippen LogP contribution in [0.4, 0.5) is 0 Å². The topological polar surface area (TPSA) is 121 Å². The Morgan fingerprint density at radius 1 is 1.10 bits per heavy atom. The zero-order chi connectivity index (χ0) is 30.0. The number of imidazole rings is 1. The Morgan fingerprint density at radius 2 is 1.80 bits per heavy atom. The number of carbonyl (C=O) groups excluding carboxylic acids is 3. The number of rotatable bonds is 14. The number of ketones is 1. The molecule has 1 aliphatic carbocycles. The van der Waals surface area contributed by atoms with Gasteiger partial charge in [-0.25, -0.2) is 4.98 Å².